The normalized spacial score (nSPS) is 30.1. The molecule has 0 spiro atoms. The molecule has 1 aliphatic rings. The minimum atomic E-state index is -0.874. The number of carboxylic acid groups (broad SMARTS) is 1. The van der Waals surface area contributed by atoms with Gasteiger partial charge in [-0.25, -0.2) is 0 Å². The van der Waals surface area contributed by atoms with Crippen LogP contribution in [-0.4, -0.2) is 17.4 Å². The van der Waals surface area contributed by atoms with Crippen LogP contribution in [0.25, 0.3) is 0 Å². The van der Waals surface area contributed by atoms with Crippen molar-refractivity contribution in [2.45, 2.75) is 33.6 Å². The molecule has 0 aromatic carbocycles. The van der Waals surface area contributed by atoms with E-state index in [0.29, 0.717) is 6.29 Å². The zero-order chi connectivity index (χ0) is 11.7. The van der Waals surface area contributed by atoms with Gasteiger partial charge in [0, 0.05) is 6.42 Å². The van der Waals surface area contributed by atoms with Gasteiger partial charge in [0.05, 0.1) is 5.92 Å². The number of hydrogen-bond donors (Lipinski definition) is 1. The van der Waals surface area contributed by atoms with E-state index in [4.69, 9.17) is 0 Å². The Balaban J connectivity index is 3.02. The second kappa shape index (κ2) is 3.80. The van der Waals surface area contributed by atoms with Crippen LogP contribution in [0, 0.1) is 16.7 Å². The van der Waals surface area contributed by atoms with Gasteiger partial charge in [0.2, 0.25) is 0 Å². The van der Waals surface area contributed by atoms with E-state index in [0.717, 1.165) is 6.42 Å². The standard InChI is InChI=1S/C12H18O3/c1-11(2)6-4-7-12(11,3)9(5-8-13)10(14)15/h4,6,8-9H,5,7H2,1-3H3,(H,14,15). The lowest BCUT2D eigenvalue weighted by Crippen LogP contribution is -2.41. The number of carboxylic acids is 1. The molecule has 0 saturated heterocycles. The molecule has 84 valence electrons. The minimum absolute atomic E-state index is 0.0942. The van der Waals surface area contributed by atoms with Crippen molar-refractivity contribution in [3.8, 4) is 0 Å². The Morgan fingerprint density at radius 2 is 2.13 bits per heavy atom. The summed E-state index contributed by atoms with van der Waals surface area (Å²) in [6, 6.07) is 0. The Labute approximate surface area is 90.2 Å². The van der Waals surface area contributed by atoms with Gasteiger partial charge in [-0.05, 0) is 17.3 Å². The molecule has 1 N–H and O–H groups in total. The number of aldehydes is 1. The first-order valence-corrected chi connectivity index (χ1v) is 5.19. The summed E-state index contributed by atoms with van der Waals surface area (Å²) in [7, 11) is 0. The number of carbonyl (C=O) groups excluding carboxylic acids is 1. The summed E-state index contributed by atoms with van der Waals surface area (Å²) in [6.07, 6.45) is 5.59. The third-order valence-electron chi connectivity index (χ3n) is 3.95. The van der Waals surface area contributed by atoms with Crippen LogP contribution in [0.2, 0.25) is 0 Å². The Hall–Kier alpha value is -1.12. The van der Waals surface area contributed by atoms with Crippen LogP contribution in [0.1, 0.15) is 33.6 Å². The Morgan fingerprint density at radius 3 is 2.47 bits per heavy atom. The van der Waals surface area contributed by atoms with Crippen molar-refractivity contribution in [3.63, 3.8) is 0 Å². The molecule has 0 aromatic heterocycles. The molecule has 0 aromatic rings. The van der Waals surface area contributed by atoms with Crippen molar-refractivity contribution < 1.29 is 14.7 Å². The van der Waals surface area contributed by atoms with Crippen molar-refractivity contribution in [3.05, 3.63) is 12.2 Å². The molecule has 0 radical (unpaired) electrons. The second-order valence-corrected chi connectivity index (χ2v) is 5.04. The molecule has 0 fully saturated rings. The van der Waals surface area contributed by atoms with E-state index in [1.165, 1.54) is 0 Å². The number of carbonyl (C=O) groups is 2. The highest BCUT2D eigenvalue weighted by atomic mass is 16.4. The second-order valence-electron chi connectivity index (χ2n) is 5.04. The van der Waals surface area contributed by atoms with Crippen LogP contribution in [0.15, 0.2) is 12.2 Å². The van der Waals surface area contributed by atoms with Gasteiger partial charge in [0.15, 0.2) is 0 Å². The first-order valence-electron chi connectivity index (χ1n) is 5.19. The number of rotatable bonds is 4. The van der Waals surface area contributed by atoms with Gasteiger partial charge < -0.3 is 9.90 Å². The highest BCUT2D eigenvalue weighted by molar-refractivity contribution is 5.75. The summed E-state index contributed by atoms with van der Waals surface area (Å²) in [5.41, 5.74) is -0.529. The average molecular weight is 210 g/mol. The maximum absolute atomic E-state index is 11.2. The van der Waals surface area contributed by atoms with Gasteiger partial charge in [-0.15, -0.1) is 0 Å². The van der Waals surface area contributed by atoms with Gasteiger partial charge in [-0.3, -0.25) is 4.79 Å². The molecule has 0 heterocycles. The number of allylic oxidation sites excluding steroid dienone is 2. The van der Waals surface area contributed by atoms with Crippen molar-refractivity contribution in [2.75, 3.05) is 0 Å². The van der Waals surface area contributed by atoms with E-state index in [2.05, 4.69) is 0 Å². The molecular weight excluding hydrogens is 192 g/mol. The zero-order valence-electron chi connectivity index (χ0n) is 9.49. The first-order chi connectivity index (χ1) is 6.85. The van der Waals surface area contributed by atoms with Gasteiger partial charge in [-0.1, -0.05) is 32.9 Å². The van der Waals surface area contributed by atoms with Crippen molar-refractivity contribution in [1.82, 2.24) is 0 Å². The largest absolute Gasteiger partial charge is 0.481 e. The third-order valence-corrected chi connectivity index (χ3v) is 3.95. The van der Waals surface area contributed by atoms with Gasteiger partial charge >= 0.3 is 5.97 Å². The third kappa shape index (κ3) is 1.83. The number of aliphatic carboxylic acids is 1. The predicted molar refractivity (Wildman–Crippen MR) is 57.5 cm³/mol. The molecule has 0 bridgehead atoms. The molecule has 0 amide bonds. The van der Waals surface area contributed by atoms with Gasteiger partial charge in [0.25, 0.3) is 0 Å². The quantitative estimate of drug-likeness (QED) is 0.572. The lowest BCUT2D eigenvalue weighted by Gasteiger charge is -2.42. The summed E-state index contributed by atoms with van der Waals surface area (Å²) < 4.78 is 0. The zero-order valence-corrected chi connectivity index (χ0v) is 9.49. The number of hydrogen-bond acceptors (Lipinski definition) is 2. The van der Waals surface area contributed by atoms with Crippen LogP contribution in [0.3, 0.4) is 0 Å². The van der Waals surface area contributed by atoms with Crippen LogP contribution >= 0.6 is 0 Å². The first kappa shape index (κ1) is 12.0. The highest BCUT2D eigenvalue weighted by Gasteiger charge is 2.49. The van der Waals surface area contributed by atoms with Gasteiger partial charge in [0.1, 0.15) is 6.29 Å². The predicted octanol–water partition coefficient (Wildman–Crippen LogP) is 2.27. The summed E-state index contributed by atoms with van der Waals surface area (Å²) in [5.74, 6) is -1.47. The lowest BCUT2D eigenvalue weighted by molar-refractivity contribution is -0.150. The van der Waals surface area contributed by atoms with Crippen LogP contribution in [0.5, 0.6) is 0 Å². The van der Waals surface area contributed by atoms with E-state index in [1.807, 2.05) is 32.9 Å². The minimum Gasteiger partial charge on any atom is -0.481 e. The fraction of sp³-hybridized carbons (Fsp3) is 0.667. The SMILES string of the molecule is CC1(C)C=CCC1(C)C(CC=O)C(=O)O. The molecule has 1 aliphatic carbocycles. The van der Waals surface area contributed by atoms with E-state index in [-0.39, 0.29) is 17.3 Å². The summed E-state index contributed by atoms with van der Waals surface area (Å²) in [4.78, 5) is 21.7. The van der Waals surface area contributed by atoms with Crippen LogP contribution in [-0.2, 0) is 9.59 Å². The molecule has 2 atom stereocenters. The van der Waals surface area contributed by atoms with Crippen LogP contribution < -0.4 is 0 Å². The molecule has 0 aliphatic heterocycles. The van der Waals surface area contributed by atoms with Crippen LogP contribution in [0.4, 0.5) is 0 Å². The smallest absolute Gasteiger partial charge is 0.307 e. The maximum atomic E-state index is 11.2. The molecule has 15 heavy (non-hydrogen) atoms. The monoisotopic (exact) mass is 210 g/mol. The van der Waals surface area contributed by atoms with Crippen molar-refractivity contribution in [2.24, 2.45) is 16.7 Å². The topological polar surface area (TPSA) is 54.4 Å². The van der Waals surface area contributed by atoms with E-state index in [9.17, 15) is 14.7 Å². The van der Waals surface area contributed by atoms with Crippen molar-refractivity contribution >= 4 is 12.3 Å². The van der Waals surface area contributed by atoms with E-state index in [1.54, 1.807) is 0 Å². The molecule has 1 rings (SSSR count). The summed E-state index contributed by atoms with van der Waals surface area (Å²) >= 11 is 0. The Kier molecular flexibility index (Phi) is 3.03. The summed E-state index contributed by atoms with van der Waals surface area (Å²) in [6.45, 7) is 6.00. The van der Waals surface area contributed by atoms with E-state index >= 15 is 0 Å². The lowest BCUT2D eigenvalue weighted by atomic mass is 9.61. The molecule has 3 nitrogen and oxygen atoms in total. The highest BCUT2D eigenvalue weighted by Crippen LogP contribution is 2.53. The van der Waals surface area contributed by atoms with Gasteiger partial charge in [-0.2, -0.15) is 0 Å². The summed E-state index contributed by atoms with van der Waals surface area (Å²) in [5, 5.41) is 9.18. The Bertz CT molecular complexity index is 304. The van der Waals surface area contributed by atoms with Crippen molar-refractivity contribution in [1.29, 1.82) is 0 Å². The average Bonchev–Trinajstić information content (AvgIpc) is 2.37. The van der Waals surface area contributed by atoms with E-state index < -0.39 is 11.9 Å². The molecule has 2 unspecified atom stereocenters. The molecule has 3 heteroatoms. The fourth-order valence-electron chi connectivity index (χ4n) is 2.37. The fourth-order valence-corrected chi connectivity index (χ4v) is 2.37. The maximum Gasteiger partial charge on any atom is 0.307 e. The Morgan fingerprint density at radius 1 is 1.53 bits per heavy atom. The molecule has 0 saturated carbocycles. The molecular formula is C12H18O3.